The van der Waals surface area contributed by atoms with Gasteiger partial charge in [0.1, 0.15) is 5.60 Å². The minimum absolute atomic E-state index is 0.129. The van der Waals surface area contributed by atoms with Crippen molar-refractivity contribution in [2.75, 3.05) is 6.54 Å². The third kappa shape index (κ3) is 4.87. The number of piperidine rings is 1. The molecule has 0 spiro atoms. The van der Waals surface area contributed by atoms with E-state index in [9.17, 15) is 4.79 Å². The lowest BCUT2D eigenvalue weighted by Crippen LogP contribution is -2.46. The van der Waals surface area contributed by atoms with Gasteiger partial charge in [0.05, 0.1) is 0 Å². The molecular weight excluding hydrogens is 226 g/mol. The molecule has 1 fully saturated rings. The Morgan fingerprint density at radius 1 is 1.39 bits per heavy atom. The summed E-state index contributed by atoms with van der Waals surface area (Å²) in [5, 5.41) is 0. The van der Waals surface area contributed by atoms with E-state index in [1.807, 2.05) is 25.7 Å². The van der Waals surface area contributed by atoms with Crippen molar-refractivity contribution in [3.05, 3.63) is 0 Å². The third-order valence-corrected chi connectivity index (χ3v) is 3.63. The largest absolute Gasteiger partial charge is 0.444 e. The molecule has 0 radical (unpaired) electrons. The van der Waals surface area contributed by atoms with Crippen molar-refractivity contribution >= 4 is 6.09 Å². The Hall–Kier alpha value is -0.730. The van der Waals surface area contributed by atoms with Crippen LogP contribution in [0.3, 0.4) is 0 Å². The minimum atomic E-state index is -0.393. The molecule has 1 heterocycles. The fourth-order valence-electron chi connectivity index (χ4n) is 2.44. The van der Waals surface area contributed by atoms with Crippen LogP contribution in [0, 0.1) is 5.92 Å². The second-order valence-corrected chi connectivity index (χ2v) is 6.57. The molecule has 0 aromatic heterocycles. The number of amides is 1. The molecule has 0 aliphatic carbocycles. The summed E-state index contributed by atoms with van der Waals surface area (Å²) in [5.41, 5.74) is -0.393. The first-order valence-electron chi connectivity index (χ1n) is 7.33. The summed E-state index contributed by atoms with van der Waals surface area (Å²) in [5.74, 6) is 0.679. The topological polar surface area (TPSA) is 29.5 Å². The van der Waals surface area contributed by atoms with E-state index in [1.165, 1.54) is 12.8 Å². The van der Waals surface area contributed by atoms with Crippen molar-refractivity contribution < 1.29 is 9.53 Å². The molecule has 1 saturated heterocycles. The van der Waals surface area contributed by atoms with Gasteiger partial charge < -0.3 is 9.64 Å². The molecule has 0 saturated carbocycles. The molecule has 0 aromatic carbocycles. The smallest absolute Gasteiger partial charge is 0.410 e. The molecule has 2 unspecified atom stereocenters. The van der Waals surface area contributed by atoms with E-state index in [-0.39, 0.29) is 6.09 Å². The highest BCUT2D eigenvalue weighted by Gasteiger charge is 2.30. The maximum absolute atomic E-state index is 12.2. The highest BCUT2D eigenvalue weighted by atomic mass is 16.6. The fourth-order valence-corrected chi connectivity index (χ4v) is 2.44. The maximum Gasteiger partial charge on any atom is 0.410 e. The zero-order valence-corrected chi connectivity index (χ0v) is 12.7. The van der Waals surface area contributed by atoms with E-state index in [4.69, 9.17) is 4.74 Å². The zero-order chi connectivity index (χ0) is 13.8. The second kappa shape index (κ2) is 6.44. The van der Waals surface area contributed by atoms with Crippen LogP contribution in [0.2, 0.25) is 0 Å². The van der Waals surface area contributed by atoms with Gasteiger partial charge in [0, 0.05) is 12.6 Å². The number of ether oxygens (including phenoxy) is 1. The molecule has 0 N–H and O–H groups in total. The summed E-state index contributed by atoms with van der Waals surface area (Å²) in [6.07, 6.45) is 5.63. The Bertz CT molecular complexity index is 270. The second-order valence-electron chi connectivity index (χ2n) is 6.57. The lowest BCUT2D eigenvalue weighted by atomic mass is 9.92. The third-order valence-electron chi connectivity index (χ3n) is 3.63. The zero-order valence-electron chi connectivity index (χ0n) is 12.7. The van der Waals surface area contributed by atoms with E-state index >= 15 is 0 Å². The van der Waals surface area contributed by atoms with Gasteiger partial charge in [-0.1, -0.05) is 20.3 Å². The molecule has 2 atom stereocenters. The first-order chi connectivity index (χ1) is 8.33. The highest BCUT2D eigenvalue weighted by Crippen LogP contribution is 2.25. The van der Waals surface area contributed by atoms with E-state index < -0.39 is 5.60 Å². The van der Waals surface area contributed by atoms with Crippen LogP contribution in [-0.4, -0.2) is 29.2 Å². The predicted molar refractivity (Wildman–Crippen MR) is 74.7 cm³/mol. The number of hydrogen-bond donors (Lipinski definition) is 0. The van der Waals surface area contributed by atoms with E-state index in [2.05, 4.69) is 13.8 Å². The van der Waals surface area contributed by atoms with Gasteiger partial charge in [-0.05, 0) is 52.4 Å². The molecule has 3 heteroatoms. The molecule has 1 aliphatic rings. The molecule has 1 amide bonds. The van der Waals surface area contributed by atoms with Gasteiger partial charge in [0.2, 0.25) is 0 Å². The van der Waals surface area contributed by atoms with Gasteiger partial charge in [-0.25, -0.2) is 4.79 Å². The number of nitrogens with zero attached hydrogens (tertiary/aromatic N) is 1. The van der Waals surface area contributed by atoms with Crippen LogP contribution >= 0.6 is 0 Å². The molecular formula is C15H29NO2. The number of likely N-dealkylation sites (tertiary alicyclic amines) is 1. The normalized spacial score (nSPS) is 22.7. The van der Waals surface area contributed by atoms with Gasteiger partial charge in [0.15, 0.2) is 0 Å². The Morgan fingerprint density at radius 3 is 2.61 bits per heavy atom. The summed E-state index contributed by atoms with van der Waals surface area (Å²) in [6, 6.07) is 0.378. The fraction of sp³-hybridized carbons (Fsp3) is 0.933. The number of carbonyl (C=O) groups is 1. The highest BCUT2D eigenvalue weighted by molar-refractivity contribution is 5.68. The Kier molecular flexibility index (Phi) is 5.48. The van der Waals surface area contributed by atoms with Crippen molar-refractivity contribution in [3.8, 4) is 0 Å². The van der Waals surface area contributed by atoms with Crippen LogP contribution in [0.4, 0.5) is 4.79 Å². The predicted octanol–water partition coefficient (Wildman–Crippen LogP) is 4.21. The van der Waals surface area contributed by atoms with Crippen molar-refractivity contribution in [1.29, 1.82) is 0 Å². The summed E-state index contributed by atoms with van der Waals surface area (Å²) in [7, 11) is 0. The Morgan fingerprint density at radius 2 is 2.06 bits per heavy atom. The van der Waals surface area contributed by atoms with Crippen LogP contribution in [0.1, 0.15) is 66.7 Å². The standard InChI is InChI=1S/C15H29NO2/c1-6-12(2)11-13-9-7-8-10-16(13)14(17)18-15(3,4)5/h12-13H,6-11H2,1-5H3. The van der Waals surface area contributed by atoms with Crippen molar-refractivity contribution in [1.82, 2.24) is 4.90 Å². The minimum Gasteiger partial charge on any atom is -0.444 e. The quantitative estimate of drug-likeness (QED) is 0.756. The first kappa shape index (κ1) is 15.3. The lowest BCUT2D eigenvalue weighted by molar-refractivity contribution is 0.00711. The van der Waals surface area contributed by atoms with Gasteiger partial charge in [-0.3, -0.25) is 0 Å². The van der Waals surface area contributed by atoms with Crippen molar-refractivity contribution in [3.63, 3.8) is 0 Å². The van der Waals surface area contributed by atoms with Gasteiger partial charge in [-0.15, -0.1) is 0 Å². The monoisotopic (exact) mass is 255 g/mol. The summed E-state index contributed by atoms with van der Waals surface area (Å²) < 4.78 is 5.51. The van der Waals surface area contributed by atoms with Crippen LogP contribution in [-0.2, 0) is 4.74 Å². The first-order valence-corrected chi connectivity index (χ1v) is 7.33. The van der Waals surface area contributed by atoms with E-state index in [0.717, 1.165) is 25.8 Å². The summed E-state index contributed by atoms with van der Waals surface area (Å²) >= 11 is 0. The van der Waals surface area contributed by atoms with E-state index in [0.29, 0.717) is 12.0 Å². The van der Waals surface area contributed by atoms with Gasteiger partial charge in [0.25, 0.3) is 0 Å². The molecule has 1 rings (SSSR count). The molecule has 3 nitrogen and oxygen atoms in total. The number of rotatable bonds is 3. The molecule has 1 aliphatic heterocycles. The number of carbonyl (C=O) groups excluding carboxylic acids is 1. The SMILES string of the molecule is CCC(C)CC1CCCCN1C(=O)OC(C)(C)C. The van der Waals surface area contributed by atoms with Crippen LogP contribution in [0.5, 0.6) is 0 Å². The summed E-state index contributed by atoms with van der Waals surface area (Å²) in [4.78, 5) is 14.2. The average Bonchev–Trinajstić information content (AvgIpc) is 2.27. The molecule has 18 heavy (non-hydrogen) atoms. The Labute approximate surface area is 112 Å². The van der Waals surface area contributed by atoms with E-state index in [1.54, 1.807) is 0 Å². The number of hydrogen-bond acceptors (Lipinski definition) is 2. The van der Waals surface area contributed by atoms with Crippen molar-refractivity contribution in [2.24, 2.45) is 5.92 Å². The Balaban J connectivity index is 2.61. The van der Waals surface area contributed by atoms with Gasteiger partial charge >= 0.3 is 6.09 Å². The van der Waals surface area contributed by atoms with Crippen LogP contribution in [0.25, 0.3) is 0 Å². The summed E-state index contributed by atoms with van der Waals surface area (Å²) in [6.45, 7) is 11.1. The van der Waals surface area contributed by atoms with Crippen molar-refractivity contribution in [2.45, 2.75) is 78.4 Å². The lowest BCUT2D eigenvalue weighted by Gasteiger charge is -2.37. The molecule has 0 aromatic rings. The molecule has 106 valence electrons. The average molecular weight is 255 g/mol. The van der Waals surface area contributed by atoms with Crippen LogP contribution in [0.15, 0.2) is 0 Å². The maximum atomic E-state index is 12.2. The van der Waals surface area contributed by atoms with Gasteiger partial charge in [-0.2, -0.15) is 0 Å². The molecule has 0 bridgehead atoms. The van der Waals surface area contributed by atoms with Crippen LogP contribution < -0.4 is 0 Å².